The smallest absolute Gasteiger partial charge is 0.192 e. The van der Waals surface area contributed by atoms with Crippen molar-refractivity contribution in [2.75, 3.05) is 13.7 Å². The molecule has 0 unspecified atom stereocenters. The lowest BCUT2D eigenvalue weighted by atomic mass is 10.1. The second-order valence-electron chi connectivity index (χ2n) is 6.76. The first-order valence-electron chi connectivity index (χ1n) is 7.07. The Morgan fingerprint density at radius 1 is 1.10 bits per heavy atom. The van der Waals surface area contributed by atoms with Gasteiger partial charge >= 0.3 is 0 Å². The molecule has 0 aromatic heterocycles. The highest BCUT2D eigenvalue weighted by molar-refractivity contribution is 6.74. The van der Waals surface area contributed by atoms with Crippen molar-refractivity contribution < 1.29 is 9.16 Å². The van der Waals surface area contributed by atoms with Crippen LogP contribution in [0.25, 0.3) is 0 Å². The fraction of sp³-hybridized carbons (Fsp3) is 0.625. The van der Waals surface area contributed by atoms with Crippen LogP contribution in [-0.4, -0.2) is 22.0 Å². The van der Waals surface area contributed by atoms with Gasteiger partial charge in [0.25, 0.3) is 0 Å². The minimum absolute atomic E-state index is 0.227. The monoisotopic (exact) mass is 314 g/mol. The van der Waals surface area contributed by atoms with Crippen molar-refractivity contribution in [3.63, 3.8) is 0 Å². The third kappa shape index (κ3) is 5.21. The molecule has 1 aromatic rings. The molecule has 0 bridgehead atoms. The van der Waals surface area contributed by atoms with E-state index in [4.69, 9.17) is 20.8 Å². The van der Waals surface area contributed by atoms with Crippen molar-refractivity contribution in [3.8, 4) is 0 Å². The van der Waals surface area contributed by atoms with Gasteiger partial charge in [0.2, 0.25) is 0 Å². The zero-order chi connectivity index (χ0) is 15.4. The van der Waals surface area contributed by atoms with Crippen LogP contribution in [0.4, 0.5) is 0 Å². The average molecular weight is 315 g/mol. The maximum atomic E-state index is 6.24. The molecule has 0 atom stereocenters. The van der Waals surface area contributed by atoms with Gasteiger partial charge in [0.05, 0.1) is 13.2 Å². The molecule has 0 saturated carbocycles. The first-order valence-corrected chi connectivity index (χ1v) is 10.4. The Hall–Kier alpha value is -0.353. The number of benzene rings is 1. The van der Waals surface area contributed by atoms with Gasteiger partial charge in [0.15, 0.2) is 8.32 Å². The minimum Gasteiger partial charge on any atom is -0.413 e. The first-order chi connectivity index (χ1) is 9.15. The zero-order valence-electron chi connectivity index (χ0n) is 13.5. The van der Waals surface area contributed by atoms with Gasteiger partial charge in [-0.15, -0.1) is 0 Å². The molecule has 0 saturated heterocycles. The molecule has 0 N–H and O–H groups in total. The van der Waals surface area contributed by atoms with Gasteiger partial charge in [-0.1, -0.05) is 38.4 Å². The third-order valence-electron chi connectivity index (χ3n) is 4.02. The number of halogens is 1. The number of hydrogen-bond acceptors (Lipinski definition) is 2. The van der Waals surface area contributed by atoms with Crippen LogP contribution < -0.4 is 0 Å². The van der Waals surface area contributed by atoms with E-state index >= 15 is 0 Å². The van der Waals surface area contributed by atoms with E-state index in [0.29, 0.717) is 13.2 Å². The number of rotatable bonds is 6. The Labute approximate surface area is 129 Å². The van der Waals surface area contributed by atoms with Crippen molar-refractivity contribution in [2.45, 2.75) is 51.9 Å². The minimum atomic E-state index is -1.72. The summed E-state index contributed by atoms with van der Waals surface area (Å²) < 4.78 is 11.4. The lowest BCUT2D eigenvalue weighted by molar-refractivity contribution is 0.202. The van der Waals surface area contributed by atoms with E-state index in [1.807, 2.05) is 12.1 Å². The van der Waals surface area contributed by atoms with Crippen molar-refractivity contribution >= 4 is 19.9 Å². The highest BCUT2D eigenvalue weighted by Crippen LogP contribution is 2.37. The fourth-order valence-corrected chi connectivity index (χ4v) is 2.89. The molecule has 0 aliphatic heterocycles. The second kappa shape index (κ2) is 7.08. The van der Waals surface area contributed by atoms with E-state index in [1.54, 1.807) is 7.11 Å². The van der Waals surface area contributed by atoms with E-state index in [1.165, 1.54) is 5.56 Å². The van der Waals surface area contributed by atoms with E-state index in [2.05, 4.69) is 39.9 Å². The van der Waals surface area contributed by atoms with Crippen LogP contribution in [0.1, 0.15) is 31.9 Å². The maximum absolute atomic E-state index is 6.24. The van der Waals surface area contributed by atoms with Gasteiger partial charge in [0, 0.05) is 12.1 Å². The maximum Gasteiger partial charge on any atom is 0.192 e. The summed E-state index contributed by atoms with van der Waals surface area (Å²) in [5.41, 5.74) is 2.35. The quantitative estimate of drug-likeness (QED) is 0.684. The van der Waals surface area contributed by atoms with Gasteiger partial charge in [-0.25, -0.2) is 0 Å². The molecular weight excluding hydrogens is 288 g/mol. The van der Waals surface area contributed by atoms with E-state index < -0.39 is 8.32 Å². The van der Waals surface area contributed by atoms with Crippen LogP contribution >= 0.6 is 11.6 Å². The van der Waals surface area contributed by atoms with Crippen LogP contribution in [0.5, 0.6) is 0 Å². The summed E-state index contributed by atoms with van der Waals surface area (Å²) in [6.07, 6.45) is 0.879. The van der Waals surface area contributed by atoms with Crippen LogP contribution in [0.2, 0.25) is 23.2 Å². The normalized spacial score (nSPS) is 12.8. The topological polar surface area (TPSA) is 18.5 Å². The summed E-state index contributed by atoms with van der Waals surface area (Å²) in [7, 11) is -0.00131. The molecule has 0 spiro atoms. The molecule has 1 aromatic carbocycles. The van der Waals surface area contributed by atoms with Crippen LogP contribution in [0.3, 0.4) is 0 Å². The Morgan fingerprint density at radius 3 is 2.25 bits per heavy atom. The molecule has 1 rings (SSSR count). The van der Waals surface area contributed by atoms with Gasteiger partial charge in [-0.3, -0.25) is 0 Å². The summed E-state index contributed by atoms with van der Waals surface area (Å²) in [6, 6.07) is 6.15. The molecule has 20 heavy (non-hydrogen) atoms. The van der Waals surface area contributed by atoms with Crippen molar-refractivity contribution in [1.29, 1.82) is 0 Å². The summed E-state index contributed by atoms with van der Waals surface area (Å²) in [4.78, 5) is 0. The first kappa shape index (κ1) is 17.7. The average Bonchev–Trinajstić information content (AvgIpc) is 2.32. The predicted molar refractivity (Wildman–Crippen MR) is 89.0 cm³/mol. The zero-order valence-corrected chi connectivity index (χ0v) is 15.3. The summed E-state index contributed by atoms with van der Waals surface area (Å²) >= 11 is 6.18. The summed E-state index contributed by atoms with van der Waals surface area (Å²) in [5, 5.41) is 0.997. The molecule has 0 aliphatic rings. The Kier molecular flexibility index (Phi) is 6.26. The second-order valence-corrected chi connectivity index (χ2v) is 12.0. The lowest BCUT2D eigenvalue weighted by Gasteiger charge is -2.36. The standard InChI is InChI=1S/C16H27ClO2Si/c1-16(2,3)20(5,6)19-12-14-9-13(7-8-18-4)10-15(17)11-14/h9-11H,7-8,12H2,1-6H3. The lowest BCUT2D eigenvalue weighted by Crippen LogP contribution is -2.40. The summed E-state index contributed by atoms with van der Waals surface area (Å²) in [5.74, 6) is 0. The van der Waals surface area contributed by atoms with Crippen LogP contribution in [-0.2, 0) is 22.2 Å². The molecular formula is C16H27ClO2Si. The van der Waals surface area contributed by atoms with Crippen LogP contribution in [0.15, 0.2) is 18.2 Å². The van der Waals surface area contributed by atoms with E-state index in [-0.39, 0.29) is 5.04 Å². The highest BCUT2D eigenvalue weighted by atomic mass is 35.5. The van der Waals surface area contributed by atoms with Gasteiger partial charge in [-0.2, -0.15) is 0 Å². The Balaban J connectivity index is 2.75. The molecule has 2 nitrogen and oxygen atoms in total. The largest absolute Gasteiger partial charge is 0.413 e. The number of methoxy groups -OCH3 is 1. The Bertz CT molecular complexity index is 439. The van der Waals surface area contributed by atoms with Crippen molar-refractivity contribution in [2.24, 2.45) is 0 Å². The molecule has 0 amide bonds. The van der Waals surface area contributed by atoms with Crippen LogP contribution in [0, 0.1) is 0 Å². The van der Waals surface area contributed by atoms with Crippen molar-refractivity contribution in [3.05, 3.63) is 34.3 Å². The molecule has 0 fully saturated rings. The molecule has 0 aliphatic carbocycles. The Morgan fingerprint density at radius 2 is 1.70 bits per heavy atom. The van der Waals surface area contributed by atoms with Gasteiger partial charge in [0.1, 0.15) is 0 Å². The molecule has 0 heterocycles. The highest BCUT2D eigenvalue weighted by Gasteiger charge is 2.37. The molecule has 0 radical (unpaired) electrons. The fourth-order valence-electron chi connectivity index (χ4n) is 1.65. The molecule has 4 heteroatoms. The summed E-state index contributed by atoms with van der Waals surface area (Å²) in [6.45, 7) is 12.6. The molecule has 114 valence electrons. The number of ether oxygens (including phenoxy) is 1. The SMILES string of the molecule is COCCc1cc(Cl)cc(CO[Si](C)(C)C(C)(C)C)c1. The van der Waals surface area contributed by atoms with Crippen molar-refractivity contribution in [1.82, 2.24) is 0 Å². The number of hydrogen-bond donors (Lipinski definition) is 0. The van der Waals surface area contributed by atoms with Gasteiger partial charge < -0.3 is 9.16 Å². The van der Waals surface area contributed by atoms with E-state index in [0.717, 1.165) is 17.0 Å². The predicted octanol–water partition coefficient (Wildman–Crippen LogP) is 5.05. The van der Waals surface area contributed by atoms with Gasteiger partial charge in [-0.05, 0) is 47.8 Å². The van der Waals surface area contributed by atoms with E-state index in [9.17, 15) is 0 Å². The third-order valence-corrected chi connectivity index (χ3v) is 8.71.